The predicted octanol–water partition coefficient (Wildman–Crippen LogP) is 1.59. The Morgan fingerprint density at radius 2 is 2.27 bits per heavy atom. The number of nitrogens with zero attached hydrogens (tertiary/aromatic N) is 5. The number of aromatic nitrogens is 4. The molecule has 0 radical (unpaired) electrons. The third kappa shape index (κ3) is 2.51. The quantitative estimate of drug-likeness (QED) is 0.857. The fraction of sp³-hybridized carbons (Fsp3) is 0.600. The maximum atomic E-state index is 12.6. The Morgan fingerprint density at radius 3 is 3.00 bits per heavy atom. The third-order valence-corrected chi connectivity index (χ3v) is 4.37. The SMILES string of the molecule is Cn1cc(CC(=O)N2CCC[C@H]2c2noc(C3CC3)n2)cn1. The molecule has 0 bridgehead atoms. The summed E-state index contributed by atoms with van der Waals surface area (Å²) in [4.78, 5) is 19.0. The Kier molecular flexibility index (Phi) is 3.20. The summed E-state index contributed by atoms with van der Waals surface area (Å²) in [7, 11) is 1.85. The van der Waals surface area contributed by atoms with Crippen molar-refractivity contribution in [1.29, 1.82) is 0 Å². The van der Waals surface area contributed by atoms with Gasteiger partial charge in [-0.15, -0.1) is 0 Å². The second-order valence-corrected chi connectivity index (χ2v) is 6.21. The highest BCUT2D eigenvalue weighted by Gasteiger charge is 2.36. The van der Waals surface area contributed by atoms with Crippen LogP contribution in [0, 0.1) is 0 Å². The Hall–Kier alpha value is -2.18. The summed E-state index contributed by atoms with van der Waals surface area (Å²) in [6.07, 6.45) is 8.15. The van der Waals surface area contributed by atoms with Crippen molar-refractivity contribution in [3.05, 3.63) is 29.7 Å². The number of aryl methyl sites for hydroxylation is 1. The van der Waals surface area contributed by atoms with Gasteiger partial charge in [-0.2, -0.15) is 10.1 Å². The van der Waals surface area contributed by atoms with Gasteiger partial charge < -0.3 is 9.42 Å². The summed E-state index contributed by atoms with van der Waals surface area (Å²) in [6, 6.07) is -0.0413. The number of rotatable bonds is 4. The molecule has 3 heterocycles. The van der Waals surface area contributed by atoms with E-state index in [0.717, 1.165) is 43.7 Å². The van der Waals surface area contributed by atoms with Crippen LogP contribution in [0.2, 0.25) is 0 Å². The standard InChI is InChI=1S/C15H19N5O2/c1-19-9-10(8-16-19)7-13(21)20-6-2-3-12(20)14-17-15(22-18-14)11-4-5-11/h8-9,11-12H,2-7H2,1H3/t12-/m0/s1. The molecule has 7 heteroatoms. The molecule has 1 saturated carbocycles. The molecule has 1 atom stereocenters. The summed E-state index contributed by atoms with van der Waals surface area (Å²) >= 11 is 0. The van der Waals surface area contributed by atoms with Crippen molar-refractivity contribution in [3.63, 3.8) is 0 Å². The van der Waals surface area contributed by atoms with Gasteiger partial charge in [-0.3, -0.25) is 9.48 Å². The van der Waals surface area contributed by atoms with Crippen molar-refractivity contribution in [2.75, 3.05) is 6.54 Å². The van der Waals surface area contributed by atoms with Gasteiger partial charge in [0.05, 0.1) is 18.7 Å². The van der Waals surface area contributed by atoms with E-state index >= 15 is 0 Å². The second-order valence-electron chi connectivity index (χ2n) is 6.21. The normalized spacial score (nSPS) is 21.5. The molecule has 22 heavy (non-hydrogen) atoms. The van der Waals surface area contributed by atoms with E-state index in [1.807, 2.05) is 18.1 Å². The van der Waals surface area contributed by atoms with E-state index < -0.39 is 0 Å². The van der Waals surface area contributed by atoms with Crippen LogP contribution in [-0.2, 0) is 18.3 Å². The van der Waals surface area contributed by atoms with Gasteiger partial charge in [0.2, 0.25) is 11.8 Å². The molecular formula is C15H19N5O2. The second kappa shape index (κ2) is 5.23. The topological polar surface area (TPSA) is 77.0 Å². The first-order valence-electron chi connectivity index (χ1n) is 7.81. The summed E-state index contributed by atoms with van der Waals surface area (Å²) in [5.74, 6) is 1.95. The van der Waals surface area contributed by atoms with Gasteiger partial charge >= 0.3 is 0 Å². The lowest BCUT2D eigenvalue weighted by Gasteiger charge is -2.21. The molecule has 1 aliphatic carbocycles. The zero-order valence-electron chi connectivity index (χ0n) is 12.6. The molecule has 2 aromatic rings. The zero-order chi connectivity index (χ0) is 15.1. The molecule has 2 aromatic heterocycles. The van der Waals surface area contributed by atoms with Crippen LogP contribution >= 0.6 is 0 Å². The average Bonchev–Trinajstić information content (AvgIpc) is 2.93. The largest absolute Gasteiger partial charge is 0.339 e. The highest BCUT2D eigenvalue weighted by atomic mass is 16.5. The molecule has 0 unspecified atom stereocenters. The van der Waals surface area contributed by atoms with Crippen LogP contribution in [0.15, 0.2) is 16.9 Å². The lowest BCUT2D eigenvalue weighted by molar-refractivity contribution is -0.131. The number of carbonyl (C=O) groups is 1. The molecule has 7 nitrogen and oxygen atoms in total. The van der Waals surface area contributed by atoms with Gasteiger partial charge in [0.25, 0.3) is 0 Å². The van der Waals surface area contributed by atoms with Gasteiger partial charge in [-0.25, -0.2) is 0 Å². The monoisotopic (exact) mass is 301 g/mol. The number of likely N-dealkylation sites (tertiary alicyclic amines) is 1. The van der Waals surface area contributed by atoms with Crippen molar-refractivity contribution >= 4 is 5.91 Å². The molecular weight excluding hydrogens is 282 g/mol. The minimum Gasteiger partial charge on any atom is -0.339 e. The minimum absolute atomic E-state index is 0.0413. The van der Waals surface area contributed by atoms with Crippen LogP contribution < -0.4 is 0 Å². The summed E-state index contributed by atoms with van der Waals surface area (Å²) in [6.45, 7) is 0.761. The molecule has 4 rings (SSSR count). The molecule has 0 spiro atoms. The average molecular weight is 301 g/mol. The van der Waals surface area contributed by atoms with Gasteiger partial charge in [-0.05, 0) is 31.2 Å². The molecule has 2 fully saturated rings. The number of carbonyl (C=O) groups excluding carboxylic acids is 1. The molecule has 0 N–H and O–H groups in total. The lowest BCUT2D eigenvalue weighted by atomic mass is 10.2. The van der Waals surface area contributed by atoms with E-state index in [1.165, 1.54) is 0 Å². The Labute approximate surface area is 128 Å². The van der Waals surface area contributed by atoms with E-state index in [-0.39, 0.29) is 11.9 Å². The minimum atomic E-state index is -0.0413. The fourth-order valence-electron chi connectivity index (χ4n) is 3.05. The van der Waals surface area contributed by atoms with Gasteiger partial charge in [0.1, 0.15) is 0 Å². The van der Waals surface area contributed by atoms with Gasteiger partial charge in [-0.1, -0.05) is 5.16 Å². The molecule has 116 valence electrons. The van der Waals surface area contributed by atoms with Crippen molar-refractivity contribution < 1.29 is 9.32 Å². The van der Waals surface area contributed by atoms with Crippen molar-refractivity contribution in [2.24, 2.45) is 7.05 Å². The molecule has 2 aliphatic rings. The van der Waals surface area contributed by atoms with Crippen LogP contribution in [0.5, 0.6) is 0 Å². The van der Waals surface area contributed by atoms with E-state index in [1.54, 1.807) is 10.9 Å². The maximum Gasteiger partial charge on any atom is 0.229 e. The highest BCUT2D eigenvalue weighted by Crippen LogP contribution is 2.40. The molecule has 1 amide bonds. The van der Waals surface area contributed by atoms with Crippen LogP contribution in [0.25, 0.3) is 0 Å². The first-order valence-corrected chi connectivity index (χ1v) is 7.81. The number of hydrogen-bond acceptors (Lipinski definition) is 5. The first-order chi connectivity index (χ1) is 10.7. The summed E-state index contributed by atoms with van der Waals surface area (Å²) in [5.41, 5.74) is 0.935. The third-order valence-electron chi connectivity index (χ3n) is 4.37. The number of hydrogen-bond donors (Lipinski definition) is 0. The Balaban J connectivity index is 1.48. The summed E-state index contributed by atoms with van der Waals surface area (Å²) in [5, 5.41) is 8.22. The van der Waals surface area contributed by atoms with Gasteiger partial charge in [0, 0.05) is 25.7 Å². The van der Waals surface area contributed by atoms with Crippen LogP contribution in [0.4, 0.5) is 0 Å². The van der Waals surface area contributed by atoms with Crippen LogP contribution in [0.1, 0.15) is 54.9 Å². The van der Waals surface area contributed by atoms with Crippen molar-refractivity contribution in [2.45, 2.75) is 44.1 Å². The first kappa shape index (κ1) is 13.5. The predicted molar refractivity (Wildman–Crippen MR) is 76.9 cm³/mol. The zero-order valence-corrected chi connectivity index (χ0v) is 12.6. The molecule has 0 aromatic carbocycles. The molecule has 1 aliphatic heterocycles. The van der Waals surface area contributed by atoms with E-state index in [9.17, 15) is 4.79 Å². The van der Waals surface area contributed by atoms with Crippen LogP contribution in [0.3, 0.4) is 0 Å². The highest BCUT2D eigenvalue weighted by molar-refractivity contribution is 5.79. The number of amides is 1. The fourth-order valence-corrected chi connectivity index (χ4v) is 3.05. The van der Waals surface area contributed by atoms with E-state index in [0.29, 0.717) is 18.2 Å². The van der Waals surface area contributed by atoms with Crippen LogP contribution in [-0.4, -0.2) is 37.3 Å². The smallest absolute Gasteiger partial charge is 0.229 e. The van der Waals surface area contributed by atoms with Crippen molar-refractivity contribution in [1.82, 2.24) is 24.8 Å². The Morgan fingerprint density at radius 1 is 1.41 bits per heavy atom. The maximum absolute atomic E-state index is 12.6. The molecule has 1 saturated heterocycles. The lowest BCUT2D eigenvalue weighted by Crippen LogP contribution is -2.32. The van der Waals surface area contributed by atoms with E-state index in [4.69, 9.17) is 4.52 Å². The van der Waals surface area contributed by atoms with Gasteiger partial charge in [0.15, 0.2) is 5.82 Å². The van der Waals surface area contributed by atoms with E-state index in [2.05, 4.69) is 15.2 Å². The summed E-state index contributed by atoms with van der Waals surface area (Å²) < 4.78 is 7.05. The van der Waals surface area contributed by atoms with Crippen molar-refractivity contribution in [3.8, 4) is 0 Å². The Bertz CT molecular complexity index is 688.